The monoisotopic (exact) mass is 639 g/mol. The first-order chi connectivity index (χ1) is 22.0. The molecule has 0 heterocycles. The van der Waals surface area contributed by atoms with Crippen LogP contribution in [0.25, 0.3) is 0 Å². The molecule has 12 nitrogen and oxygen atoms in total. The van der Waals surface area contributed by atoms with Crippen LogP contribution in [0.2, 0.25) is 0 Å². The van der Waals surface area contributed by atoms with Gasteiger partial charge >= 0.3 is 0 Å². The first-order valence-corrected chi connectivity index (χ1v) is 16.3. The minimum atomic E-state index is -0.404. The van der Waals surface area contributed by atoms with Crippen molar-refractivity contribution in [3.05, 3.63) is 34.9 Å². The zero-order chi connectivity index (χ0) is 32.8. The summed E-state index contributed by atoms with van der Waals surface area (Å²) in [6.45, 7) is 7.52. The molecule has 0 aromatic heterocycles. The van der Waals surface area contributed by atoms with Crippen molar-refractivity contribution in [3.63, 3.8) is 0 Å². The molecule has 0 radical (unpaired) electrons. The molecule has 0 saturated carbocycles. The Kier molecular flexibility index (Phi) is 25.9. The van der Waals surface area contributed by atoms with Gasteiger partial charge in [0.05, 0.1) is 66.1 Å². The topological polar surface area (TPSA) is 143 Å². The summed E-state index contributed by atoms with van der Waals surface area (Å²) in [6.07, 6.45) is 9.34. The van der Waals surface area contributed by atoms with Crippen LogP contribution in [-0.2, 0) is 28.4 Å². The highest BCUT2D eigenvalue weighted by atomic mass is 16.5. The van der Waals surface area contributed by atoms with Crippen LogP contribution < -0.4 is 16.0 Å². The van der Waals surface area contributed by atoms with Gasteiger partial charge in [0.1, 0.15) is 0 Å². The Hall–Kier alpha value is -2.61. The third kappa shape index (κ3) is 21.7. The van der Waals surface area contributed by atoms with Crippen molar-refractivity contribution >= 4 is 17.7 Å². The number of hydrogen-bond donors (Lipinski definition) is 3. The van der Waals surface area contributed by atoms with Gasteiger partial charge in [-0.1, -0.05) is 51.9 Å². The van der Waals surface area contributed by atoms with Gasteiger partial charge in [-0.2, -0.15) is 0 Å². The molecule has 0 spiro atoms. The summed E-state index contributed by atoms with van der Waals surface area (Å²) < 4.78 is 31.5. The summed E-state index contributed by atoms with van der Waals surface area (Å²) in [5.41, 5.74) is 0.681. The normalized spacial score (nSPS) is 11.0. The van der Waals surface area contributed by atoms with E-state index in [4.69, 9.17) is 28.4 Å². The maximum atomic E-state index is 13.0. The van der Waals surface area contributed by atoms with Gasteiger partial charge in [0.25, 0.3) is 17.7 Å². The van der Waals surface area contributed by atoms with Gasteiger partial charge in [-0.3, -0.25) is 14.4 Å². The molecule has 258 valence electrons. The second-order valence-electron chi connectivity index (χ2n) is 10.5. The van der Waals surface area contributed by atoms with E-state index in [-0.39, 0.29) is 35.7 Å². The van der Waals surface area contributed by atoms with E-state index in [2.05, 4.69) is 22.9 Å². The predicted molar refractivity (Wildman–Crippen MR) is 173 cm³/mol. The van der Waals surface area contributed by atoms with Crippen LogP contribution in [0.15, 0.2) is 18.2 Å². The molecule has 0 bridgehead atoms. The highest BCUT2D eigenvalue weighted by Crippen LogP contribution is 2.12. The largest absolute Gasteiger partial charge is 0.382 e. The minimum Gasteiger partial charge on any atom is -0.382 e. The summed E-state index contributed by atoms with van der Waals surface area (Å²) in [6, 6.07) is 4.49. The quantitative estimate of drug-likeness (QED) is 0.108. The Labute approximate surface area is 269 Å². The van der Waals surface area contributed by atoms with Crippen molar-refractivity contribution in [2.75, 3.05) is 99.9 Å². The Morgan fingerprint density at radius 3 is 1.20 bits per heavy atom. The zero-order valence-corrected chi connectivity index (χ0v) is 27.8. The number of carbonyl (C=O) groups excluding carboxylic acids is 3. The van der Waals surface area contributed by atoms with Crippen LogP contribution in [0.1, 0.15) is 89.4 Å². The van der Waals surface area contributed by atoms with Crippen molar-refractivity contribution in [3.8, 4) is 0 Å². The highest BCUT2D eigenvalue weighted by Gasteiger charge is 2.16. The number of hydrogen-bond acceptors (Lipinski definition) is 9. The van der Waals surface area contributed by atoms with E-state index >= 15 is 0 Å². The van der Waals surface area contributed by atoms with Crippen LogP contribution in [-0.4, -0.2) is 118 Å². The second kappa shape index (κ2) is 28.8. The molecule has 1 aromatic rings. The predicted octanol–water partition coefficient (Wildman–Crippen LogP) is 3.38. The molecule has 12 heteroatoms. The molecule has 45 heavy (non-hydrogen) atoms. The maximum absolute atomic E-state index is 13.0. The molecule has 0 aliphatic heterocycles. The van der Waals surface area contributed by atoms with E-state index in [1.807, 2.05) is 0 Å². The first kappa shape index (κ1) is 40.4. The smallest absolute Gasteiger partial charge is 0.251 e. The fourth-order valence-corrected chi connectivity index (χ4v) is 4.19. The number of nitrogens with one attached hydrogen (secondary N) is 3. The van der Waals surface area contributed by atoms with Gasteiger partial charge in [-0.15, -0.1) is 0 Å². The number of ether oxygens (including phenoxy) is 6. The Bertz CT molecular complexity index is 791. The lowest BCUT2D eigenvalue weighted by atomic mass is 10.0. The molecule has 1 rings (SSSR count). The summed E-state index contributed by atoms with van der Waals surface area (Å²) in [7, 11) is 3.22. The molecular formula is C33H57N3O9. The van der Waals surface area contributed by atoms with Crippen molar-refractivity contribution in [1.82, 2.24) is 16.0 Å². The van der Waals surface area contributed by atoms with E-state index in [9.17, 15) is 14.4 Å². The minimum absolute atomic E-state index is 0.215. The van der Waals surface area contributed by atoms with Gasteiger partial charge in [0.15, 0.2) is 0 Å². The summed E-state index contributed by atoms with van der Waals surface area (Å²) in [5, 5.41) is 8.50. The number of carbonyl (C=O) groups is 3. The molecule has 0 unspecified atom stereocenters. The van der Waals surface area contributed by atoms with Gasteiger partial charge in [-0.05, 0) is 24.6 Å². The molecular weight excluding hydrogens is 582 g/mol. The van der Waals surface area contributed by atoms with Gasteiger partial charge in [-0.25, -0.2) is 0 Å². The third-order valence-electron chi connectivity index (χ3n) is 6.71. The summed E-state index contributed by atoms with van der Waals surface area (Å²) in [5.74, 6) is -1.13. The number of methoxy groups -OCH3 is 2. The Morgan fingerprint density at radius 2 is 0.800 bits per heavy atom. The van der Waals surface area contributed by atoms with Crippen LogP contribution in [0.3, 0.4) is 0 Å². The van der Waals surface area contributed by atoms with Crippen molar-refractivity contribution < 1.29 is 42.8 Å². The Balaban J connectivity index is 2.63. The molecule has 1 aromatic carbocycles. The van der Waals surface area contributed by atoms with Gasteiger partial charge in [0.2, 0.25) is 0 Å². The molecule has 3 amide bonds. The van der Waals surface area contributed by atoms with Crippen molar-refractivity contribution in [2.45, 2.75) is 58.3 Å². The average molecular weight is 640 g/mol. The summed E-state index contributed by atoms with van der Waals surface area (Å²) >= 11 is 0. The molecule has 0 aliphatic rings. The molecule has 0 fully saturated rings. The van der Waals surface area contributed by atoms with Gasteiger partial charge < -0.3 is 44.4 Å². The van der Waals surface area contributed by atoms with E-state index in [1.54, 1.807) is 14.2 Å². The zero-order valence-electron chi connectivity index (χ0n) is 27.8. The molecule has 0 atom stereocenters. The van der Waals surface area contributed by atoms with E-state index in [1.165, 1.54) is 50.3 Å². The van der Waals surface area contributed by atoms with E-state index in [0.717, 1.165) is 19.3 Å². The van der Waals surface area contributed by atoms with Crippen LogP contribution in [0, 0.1) is 0 Å². The van der Waals surface area contributed by atoms with Crippen molar-refractivity contribution in [1.29, 1.82) is 0 Å². The lowest BCUT2D eigenvalue weighted by Crippen LogP contribution is -2.31. The summed E-state index contributed by atoms with van der Waals surface area (Å²) in [4.78, 5) is 38.9. The lowest BCUT2D eigenvalue weighted by molar-refractivity contribution is 0.0255. The number of unbranched alkanes of at least 4 members (excludes halogenated alkanes) is 7. The van der Waals surface area contributed by atoms with Crippen LogP contribution in [0.5, 0.6) is 0 Å². The highest BCUT2D eigenvalue weighted by molar-refractivity contribution is 6.04. The maximum Gasteiger partial charge on any atom is 0.251 e. The first-order valence-electron chi connectivity index (χ1n) is 16.3. The molecule has 3 N–H and O–H groups in total. The van der Waals surface area contributed by atoms with E-state index < -0.39 is 11.8 Å². The SMILES string of the molecule is CCCCCCCCCCNC(=O)c1cc(C(=O)NCCOCCOCCOC)cc(C(=O)NCCOCCOCCOC)c1. The van der Waals surface area contributed by atoms with Crippen LogP contribution >= 0.6 is 0 Å². The fourth-order valence-electron chi connectivity index (χ4n) is 4.19. The van der Waals surface area contributed by atoms with Crippen LogP contribution in [0.4, 0.5) is 0 Å². The second-order valence-corrected chi connectivity index (χ2v) is 10.5. The van der Waals surface area contributed by atoms with Crippen molar-refractivity contribution in [2.24, 2.45) is 0 Å². The Morgan fingerprint density at radius 1 is 0.467 bits per heavy atom. The third-order valence-corrected chi connectivity index (χ3v) is 6.71. The number of benzene rings is 1. The fraction of sp³-hybridized carbons (Fsp3) is 0.727. The average Bonchev–Trinajstić information content (AvgIpc) is 3.05. The standard InChI is InChI=1S/C33H57N3O9/c1-4-5-6-7-8-9-10-11-12-34-31(37)28-25-29(32(38)35-13-15-42-21-23-44-19-17-40-2)27-30(26-28)33(39)36-14-16-43-22-24-45-20-18-41-3/h25-27H,4-24H2,1-3H3,(H,34,37)(H,35,38)(H,36,39). The number of amides is 3. The number of rotatable bonds is 30. The van der Waals surface area contributed by atoms with Gasteiger partial charge in [0, 0.05) is 50.5 Å². The van der Waals surface area contributed by atoms with E-state index in [0.29, 0.717) is 72.6 Å². The molecule has 0 saturated heterocycles. The lowest BCUT2D eigenvalue weighted by Gasteiger charge is -2.12. The molecule has 0 aliphatic carbocycles.